The van der Waals surface area contributed by atoms with Crippen LogP contribution in [0.4, 0.5) is 0 Å². The zero-order valence-electron chi connectivity index (χ0n) is 9.90. The van der Waals surface area contributed by atoms with Crippen LogP contribution in [-0.4, -0.2) is 16.2 Å². The summed E-state index contributed by atoms with van der Waals surface area (Å²) in [6, 6.07) is 5.84. The van der Waals surface area contributed by atoms with Gasteiger partial charge in [-0.05, 0) is 30.9 Å². The summed E-state index contributed by atoms with van der Waals surface area (Å²) in [5.74, 6) is -1.16. The Labute approximate surface area is 95.7 Å². The van der Waals surface area contributed by atoms with Crippen molar-refractivity contribution in [2.75, 3.05) is 0 Å². The van der Waals surface area contributed by atoms with Gasteiger partial charge in [-0.3, -0.25) is 4.79 Å². The first-order valence-electron chi connectivity index (χ1n) is 5.39. The Hall–Kier alpha value is -1.35. The first-order valence-corrected chi connectivity index (χ1v) is 5.39. The number of aliphatic hydroxyl groups is 1. The van der Waals surface area contributed by atoms with Crippen LogP contribution in [0, 0.1) is 19.8 Å². The van der Waals surface area contributed by atoms with Crippen LogP contribution in [0.15, 0.2) is 18.2 Å². The lowest BCUT2D eigenvalue weighted by atomic mass is 9.91. The predicted octanol–water partition coefficient (Wildman–Crippen LogP) is 2.45. The van der Waals surface area contributed by atoms with Gasteiger partial charge in [0.1, 0.15) is 0 Å². The fourth-order valence-electron chi connectivity index (χ4n) is 1.77. The van der Waals surface area contributed by atoms with E-state index in [4.69, 9.17) is 5.11 Å². The summed E-state index contributed by atoms with van der Waals surface area (Å²) >= 11 is 0. The van der Waals surface area contributed by atoms with E-state index in [0.717, 1.165) is 16.7 Å². The SMILES string of the molecule is Cc1ccc(C)c(C(O)C(C)CC(=O)O)c1. The van der Waals surface area contributed by atoms with E-state index in [-0.39, 0.29) is 12.3 Å². The highest BCUT2D eigenvalue weighted by Crippen LogP contribution is 2.27. The third-order valence-electron chi connectivity index (χ3n) is 2.79. The van der Waals surface area contributed by atoms with Crippen LogP contribution in [0.25, 0.3) is 0 Å². The molecule has 0 aromatic heterocycles. The standard InChI is InChI=1S/C13H18O3/c1-8-4-5-9(2)11(6-8)13(16)10(3)7-12(14)15/h4-6,10,13,16H,7H2,1-3H3,(H,14,15). The summed E-state index contributed by atoms with van der Waals surface area (Å²) in [5.41, 5.74) is 2.89. The van der Waals surface area contributed by atoms with Gasteiger partial charge in [0, 0.05) is 0 Å². The van der Waals surface area contributed by atoms with Gasteiger partial charge in [-0.25, -0.2) is 0 Å². The second kappa shape index (κ2) is 5.12. The quantitative estimate of drug-likeness (QED) is 0.822. The number of aliphatic hydroxyl groups excluding tert-OH is 1. The van der Waals surface area contributed by atoms with Crippen LogP contribution in [0.5, 0.6) is 0 Å². The van der Waals surface area contributed by atoms with Crippen LogP contribution in [0.2, 0.25) is 0 Å². The van der Waals surface area contributed by atoms with Gasteiger partial charge in [-0.15, -0.1) is 0 Å². The van der Waals surface area contributed by atoms with Gasteiger partial charge in [0.25, 0.3) is 0 Å². The maximum Gasteiger partial charge on any atom is 0.303 e. The fraction of sp³-hybridized carbons (Fsp3) is 0.462. The Bertz CT molecular complexity index is 385. The van der Waals surface area contributed by atoms with Crippen molar-refractivity contribution >= 4 is 5.97 Å². The Morgan fingerprint density at radius 1 is 1.38 bits per heavy atom. The molecule has 1 aromatic carbocycles. The molecule has 0 aliphatic heterocycles. The lowest BCUT2D eigenvalue weighted by molar-refractivity contribution is -0.139. The van der Waals surface area contributed by atoms with E-state index >= 15 is 0 Å². The molecule has 0 fully saturated rings. The number of carboxylic acids is 1. The highest BCUT2D eigenvalue weighted by Gasteiger charge is 2.20. The summed E-state index contributed by atoms with van der Waals surface area (Å²) in [4.78, 5) is 10.6. The number of carbonyl (C=O) groups is 1. The largest absolute Gasteiger partial charge is 0.481 e. The van der Waals surface area contributed by atoms with E-state index in [1.165, 1.54) is 0 Å². The number of hydrogen-bond donors (Lipinski definition) is 2. The van der Waals surface area contributed by atoms with Crippen molar-refractivity contribution in [3.63, 3.8) is 0 Å². The maximum absolute atomic E-state index is 10.6. The molecule has 0 saturated heterocycles. The topological polar surface area (TPSA) is 57.5 Å². The van der Waals surface area contributed by atoms with Gasteiger partial charge < -0.3 is 10.2 Å². The Kier molecular flexibility index (Phi) is 4.07. The summed E-state index contributed by atoms with van der Waals surface area (Å²) in [7, 11) is 0. The molecule has 0 heterocycles. The van der Waals surface area contributed by atoms with Gasteiger partial charge in [0.2, 0.25) is 0 Å². The minimum atomic E-state index is -0.878. The van der Waals surface area contributed by atoms with Crippen LogP contribution in [0.3, 0.4) is 0 Å². The maximum atomic E-state index is 10.6. The molecular weight excluding hydrogens is 204 g/mol. The van der Waals surface area contributed by atoms with Crippen LogP contribution in [0.1, 0.15) is 36.1 Å². The zero-order valence-corrected chi connectivity index (χ0v) is 9.90. The second-order valence-corrected chi connectivity index (χ2v) is 4.38. The van der Waals surface area contributed by atoms with Crippen molar-refractivity contribution in [1.29, 1.82) is 0 Å². The minimum absolute atomic E-state index is 0.0193. The van der Waals surface area contributed by atoms with Crippen molar-refractivity contribution in [2.24, 2.45) is 5.92 Å². The lowest BCUT2D eigenvalue weighted by Gasteiger charge is -2.19. The van der Waals surface area contributed by atoms with Gasteiger partial charge in [-0.2, -0.15) is 0 Å². The summed E-state index contributed by atoms with van der Waals surface area (Å²) in [6.07, 6.45) is -0.731. The second-order valence-electron chi connectivity index (χ2n) is 4.38. The molecule has 2 unspecified atom stereocenters. The highest BCUT2D eigenvalue weighted by atomic mass is 16.4. The highest BCUT2D eigenvalue weighted by molar-refractivity contribution is 5.67. The first-order chi connectivity index (χ1) is 7.41. The molecule has 2 atom stereocenters. The number of benzene rings is 1. The van der Waals surface area contributed by atoms with Crippen molar-refractivity contribution < 1.29 is 15.0 Å². The molecular formula is C13H18O3. The van der Waals surface area contributed by atoms with E-state index in [9.17, 15) is 9.90 Å². The number of hydrogen-bond acceptors (Lipinski definition) is 2. The molecule has 0 spiro atoms. The Morgan fingerprint density at radius 3 is 2.56 bits per heavy atom. The molecule has 88 valence electrons. The molecule has 0 bridgehead atoms. The average Bonchev–Trinajstić information content (AvgIpc) is 2.19. The third-order valence-corrected chi connectivity index (χ3v) is 2.79. The van der Waals surface area contributed by atoms with Crippen molar-refractivity contribution in [3.05, 3.63) is 34.9 Å². The number of aryl methyl sites for hydroxylation is 2. The molecule has 3 nitrogen and oxygen atoms in total. The molecule has 0 radical (unpaired) electrons. The van der Waals surface area contributed by atoms with E-state index in [2.05, 4.69) is 0 Å². The summed E-state index contributed by atoms with van der Waals surface area (Å²) in [6.45, 7) is 5.63. The van der Waals surface area contributed by atoms with Gasteiger partial charge in [0.15, 0.2) is 0 Å². The Morgan fingerprint density at radius 2 is 2.00 bits per heavy atom. The van der Waals surface area contributed by atoms with E-state index in [1.807, 2.05) is 32.0 Å². The molecule has 3 heteroatoms. The first kappa shape index (κ1) is 12.7. The predicted molar refractivity (Wildman–Crippen MR) is 62.3 cm³/mol. The molecule has 2 N–H and O–H groups in total. The van der Waals surface area contributed by atoms with Crippen LogP contribution in [-0.2, 0) is 4.79 Å². The summed E-state index contributed by atoms with van der Waals surface area (Å²) < 4.78 is 0. The van der Waals surface area contributed by atoms with E-state index in [0.29, 0.717) is 0 Å². The monoisotopic (exact) mass is 222 g/mol. The van der Waals surface area contributed by atoms with Gasteiger partial charge in [-0.1, -0.05) is 30.7 Å². The molecule has 1 rings (SSSR count). The number of carboxylic acid groups (broad SMARTS) is 1. The zero-order chi connectivity index (χ0) is 12.3. The normalized spacial score (nSPS) is 14.5. The van der Waals surface area contributed by atoms with Crippen LogP contribution >= 0.6 is 0 Å². The molecule has 0 amide bonds. The van der Waals surface area contributed by atoms with Crippen molar-refractivity contribution in [1.82, 2.24) is 0 Å². The van der Waals surface area contributed by atoms with Gasteiger partial charge in [0.05, 0.1) is 12.5 Å². The van der Waals surface area contributed by atoms with Crippen molar-refractivity contribution in [3.8, 4) is 0 Å². The van der Waals surface area contributed by atoms with Gasteiger partial charge >= 0.3 is 5.97 Å². The molecule has 0 aliphatic rings. The molecule has 16 heavy (non-hydrogen) atoms. The van der Waals surface area contributed by atoms with E-state index < -0.39 is 12.1 Å². The number of aliphatic carboxylic acids is 1. The smallest absolute Gasteiger partial charge is 0.303 e. The van der Waals surface area contributed by atoms with Crippen LogP contribution < -0.4 is 0 Å². The Balaban J connectivity index is 2.90. The minimum Gasteiger partial charge on any atom is -0.481 e. The fourth-order valence-corrected chi connectivity index (χ4v) is 1.77. The van der Waals surface area contributed by atoms with Crippen molar-refractivity contribution in [2.45, 2.75) is 33.3 Å². The molecule has 1 aromatic rings. The molecule has 0 aliphatic carbocycles. The third kappa shape index (κ3) is 3.07. The number of rotatable bonds is 4. The average molecular weight is 222 g/mol. The molecule has 0 saturated carbocycles. The van der Waals surface area contributed by atoms with E-state index in [1.54, 1.807) is 6.92 Å². The summed E-state index contributed by atoms with van der Waals surface area (Å²) in [5, 5.41) is 18.8. The lowest BCUT2D eigenvalue weighted by Crippen LogP contribution is -2.14.